The number of nitrogens with zero attached hydrogens (tertiary/aromatic N) is 1. The highest BCUT2D eigenvalue weighted by Crippen LogP contribution is 2.34. The first kappa shape index (κ1) is 13.8. The van der Waals surface area contributed by atoms with Crippen LogP contribution in [0.2, 0.25) is 0 Å². The molecule has 2 rings (SSSR count). The van der Waals surface area contributed by atoms with Crippen LogP contribution in [0.4, 0.5) is 5.69 Å². The molecule has 1 aromatic carbocycles. The van der Waals surface area contributed by atoms with E-state index in [0.29, 0.717) is 12.0 Å². The Morgan fingerprint density at radius 3 is 2.84 bits per heavy atom. The molecule has 0 N–H and O–H groups in total. The average molecular weight is 298 g/mol. The topological polar surface area (TPSA) is 52.4 Å². The molecule has 0 saturated heterocycles. The van der Waals surface area contributed by atoms with E-state index in [1.165, 1.54) is 17.4 Å². The number of hydrogen-bond donors (Lipinski definition) is 0. The van der Waals surface area contributed by atoms with Gasteiger partial charge < -0.3 is 4.74 Å². The van der Waals surface area contributed by atoms with Gasteiger partial charge in [0.15, 0.2) is 0 Å². The molecule has 0 spiro atoms. The summed E-state index contributed by atoms with van der Waals surface area (Å²) in [5, 5.41) is 12.5. The van der Waals surface area contributed by atoms with Crippen LogP contribution < -0.4 is 4.74 Å². The Balaban J connectivity index is 2.19. The molecule has 0 aliphatic heterocycles. The van der Waals surface area contributed by atoms with Crippen LogP contribution in [0.15, 0.2) is 35.7 Å². The lowest BCUT2D eigenvalue weighted by Crippen LogP contribution is -1.99. The van der Waals surface area contributed by atoms with Gasteiger partial charge in [-0.3, -0.25) is 10.1 Å². The minimum atomic E-state index is -0.381. The summed E-state index contributed by atoms with van der Waals surface area (Å²) in [6, 6.07) is 8.52. The predicted molar refractivity (Wildman–Crippen MR) is 76.3 cm³/mol. The molecule has 0 radical (unpaired) electrons. The summed E-state index contributed by atoms with van der Waals surface area (Å²) in [4.78, 5) is 11.5. The van der Waals surface area contributed by atoms with Crippen molar-refractivity contribution >= 4 is 28.6 Å². The van der Waals surface area contributed by atoms with Crippen molar-refractivity contribution in [1.82, 2.24) is 0 Å². The highest BCUT2D eigenvalue weighted by Gasteiger charge is 2.18. The molecular weight excluding hydrogens is 286 g/mol. The normalized spacial score (nSPS) is 12.1. The van der Waals surface area contributed by atoms with E-state index < -0.39 is 0 Å². The maximum absolute atomic E-state index is 10.9. The van der Waals surface area contributed by atoms with Crippen LogP contribution in [0.1, 0.15) is 15.8 Å². The van der Waals surface area contributed by atoms with Gasteiger partial charge in [0, 0.05) is 28.3 Å². The molecule has 0 fully saturated rings. The zero-order chi connectivity index (χ0) is 13.8. The summed E-state index contributed by atoms with van der Waals surface area (Å²) in [5.41, 5.74) is 0.747. The molecule has 4 nitrogen and oxygen atoms in total. The molecule has 0 aliphatic rings. The van der Waals surface area contributed by atoms with Gasteiger partial charge in [0.1, 0.15) is 5.75 Å². The van der Waals surface area contributed by atoms with Crippen LogP contribution in [0.25, 0.3) is 0 Å². The molecule has 0 aliphatic carbocycles. The number of methoxy groups -OCH3 is 1. The van der Waals surface area contributed by atoms with Crippen LogP contribution in [-0.2, 0) is 6.42 Å². The summed E-state index contributed by atoms with van der Waals surface area (Å²) in [5.74, 6) is 0.758. The third-order valence-electron chi connectivity index (χ3n) is 2.73. The SMILES string of the molecule is COc1csc(C(Cl)Cc2ccccc2[N+](=O)[O-])c1. The van der Waals surface area contributed by atoms with E-state index >= 15 is 0 Å². The number of nitro groups is 1. The van der Waals surface area contributed by atoms with E-state index in [1.54, 1.807) is 25.3 Å². The molecule has 1 heterocycles. The first-order valence-electron chi connectivity index (χ1n) is 5.60. The zero-order valence-electron chi connectivity index (χ0n) is 10.2. The number of para-hydroxylation sites is 1. The minimum Gasteiger partial charge on any atom is -0.496 e. The molecule has 100 valence electrons. The summed E-state index contributed by atoms with van der Waals surface area (Å²) in [7, 11) is 1.59. The first-order valence-corrected chi connectivity index (χ1v) is 6.92. The highest BCUT2D eigenvalue weighted by atomic mass is 35.5. The lowest BCUT2D eigenvalue weighted by atomic mass is 10.1. The summed E-state index contributed by atoms with van der Waals surface area (Å²) >= 11 is 7.81. The molecule has 19 heavy (non-hydrogen) atoms. The summed E-state index contributed by atoms with van der Waals surface area (Å²) < 4.78 is 5.10. The molecule has 0 amide bonds. The van der Waals surface area contributed by atoms with Crippen LogP contribution >= 0.6 is 22.9 Å². The summed E-state index contributed by atoms with van der Waals surface area (Å²) in [6.07, 6.45) is 0.419. The maximum atomic E-state index is 10.9. The second-order valence-electron chi connectivity index (χ2n) is 3.95. The molecule has 0 bridgehead atoms. The Labute approximate surface area is 119 Å². The average Bonchev–Trinajstić information content (AvgIpc) is 2.88. The van der Waals surface area contributed by atoms with Crippen molar-refractivity contribution in [1.29, 1.82) is 0 Å². The predicted octanol–water partition coefficient (Wildman–Crippen LogP) is 4.19. The van der Waals surface area contributed by atoms with E-state index in [4.69, 9.17) is 16.3 Å². The smallest absolute Gasteiger partial charge is 0.272 e. The monoisotopic (exact) mass is 297 g/mol. The van der Waals surface area contributed by atoms with Crippen LogP contribution in [0.3, 0.4) is 0 Å². The van der Waals surface area contributed by atoms with Gasteiger partial charge in [0.25, 0.3) is 5.69 Å². The van der Waals surface area contributed by atoms with E-state index in [0.717, 1.165) is 10.6 Å². The number of benzene rings is 1. The number of rotatable bonds is 5. The largest absolute Gasteiger partial charge is 0.496 e. The second-order valence-corrected chi connectivity index (χ2v) is 5.42. The quantitative estimate of drug-likeness (QED) is 0.472. The Morgan fingerprint density at radius 2 is 2.21 bits per heavy atom. The molecule has 2 aromatic rings. The Morgan fingerprint density at radius 1 is 1.47 bits per heavy atom. The van der Waals surface area contributed by atoms with Crippen molar-refractivity contribution < 1.29 is 9.66 Å². The highest BCUT2D eigenvalue weighted by molar-refractivity contribution is 7.10. The molecule has 0 saturated carbocycles. The molecule has 1 atom stereocenters. The number of halogens is 1. The van der Waals surface area contributed by atoms with Crippen molar-refractivity contribution in [2.24, 2.45) is 0 Å². The number of ether oxygens (including phenoxy) is 1. The maximum Gasteiger partial charge on any atom is 0.272 e. The number of nitro benzene ring substituents is 1. The van der Waals surface area contributed by atoms with Crippen molar-refractivity contribution in [3.05, 3.63) is 56.3 Å². The van der Waals surface area contributed by atoms with E-state index in [1.807, 2.05) is 11.4 Å². The summed E-state index contributed by atoms with van der Waals surface area (Å²) in [6.45, 7) is 0. The van der Waals surface area contributed by atoms with Crippen LogP contribution in [-0.4, -0.2) is 12.0 Å². The van der Waals surface area contributed by atoms with Gasteiger partial charge in [0.2, 0.25) is 0 Å². The Bertz CT molecular complexity index is 585. The number of alkyl halides is 1. The third-order valence-corrected chi connectivity index (χ3v) is 4.27. The fourth-order valence-corrected chi connectivity index (χ4v) is 2.98. The van der Waals surface area contributed by atoms with Crippen LogP contribution in [0, 0.1) is 10.1 Å². The van der Waals surface area contributed by atoms with Gasteiger partial charge in [-0.1, -0.05) is 18.2 Å². The second kappa shape index (κ2) is 6.04. The Kier molecular flexibility index (Phi) is 4.39. The standard InChI is InChI=1S/C13H12ClNO3S/c1-18-10-7-13(19-8-10)11(14)6-9-4-2-3-5-12(9)15(16)17/h2-5,7-8,11H,6H2,1H3. The van der Waals surface area contributed by atoms with Gasteiger partial charge in [-0.25, -0.2) is 0 Å². The minimum absolute atomic E-state index is 0.108. The van der Waals surface area contributed by atoms with E-state index in [2.05, 4.69) is 0 Å². The number of hydrogen-bond acceptors (Lipinski definition) is 4. The van der Waals surface area contributed by atoms with E-state index in [9.17, 15) is 10.1 Å². The van der Waals surface area contributed by atoms with Crippen LogP contribution in [0.5, 0.6) is 5.75 Å². The van der Waals surface area contributed by atoms with Gasteiger partial charge >= 0.3 is 0 Å². The molecule has 6 heteroatoms. The van der Waals surface area contributed by atoms with Crippen molar-refractivity contribution in [3.63, 3.8) is 0 Å². The molecule has 1 aromatic heterocycles. The van der Waals surface area contributed by atoms with Gasteiger partial charge in [-0.2, -0.15) is 0 Å². The van der Waals surface area contributed by atoms with E-state index in [-0.39, 0.29) is 16.0 Å². The molecular formula is C13H12ClNO3S. The van der Waals surface area contributed by atoms with Crippen molar-refractivity contribution in [3.8, 4) is 5.75 Å². The third kappa shape index (κ3) is 3.24. The Hall–Kier alpha value is -1.59. The fraction of sp³-hybridized carbons (Fsp3) is 0.231. The number of thiophene rings is 1. The van der Waals surface area contributed by atoms with Gasteiger partial charge in [0.05, 0.1) is 17.4 Å². The first-order chi connectivity index (χ1) is 9.11. The fourth-order valence-electron chi connectivity index (χ4n) is 1.76. The lowest BCUT2D eigenvalue weighted by Gasteiger charge is -2.07. The van der Waals surface area contributed by atoms with Gasteiger partial charge in [-0.05, 0) is 6.07 Å². The lowest BCUT2D eigenvalue weighted by molar-refractivity contribution is -0.385. The molecule has 1 unspecified atom stereocenters. The zero-order valence-corrected chi connectivity index (χ0v) is 11.8. The van der Waals surface area contributed by atoms with Gasteiger partial charge in [-0.15, -0.1) is 22.9 Å². The van der Waals surface area contributed by atoms with Crippen molar-refractivity contribution in [2.45, 2.75) is 11.8 Å². The van der Waals surface area contributed by atoms with Crippen molar-refractivity contribution in [2.75, 3.05) is 7.11 Å².